The van der Waals surface area contributed by atoms with Crippen LogP contribution in [-0.2, 0) is 15.9 Å². The molecule has 2 aliphatic carbocycles. The first-order valence-corrected chi connectivity index (χ1v) is 9.35. The van der Waals surface area contributed by atoms with Crippen molar-refractivity contribution < 1.29 is 22.8 Å². The van der Waals surface area contributed by atoms with Crippen molar-refractivity contribution in [3.63, 3.8) is 0 Å². The first kappa shape index (κ1) is 18.1. The average molecular weight is 402 g/mol. The summed E-state index contributed by atoms with van der Waals surface area (Å²) in [5.41, 5.74) is -0.934. The highest BCUT2D eigenvalue weighted by atomic mass is 19.1. The number of hydrogen-bond donors (Lipinski definition) is 1. The molecule has 2 heterocycles. The van der Waals surface area contributed by atoms with E-state index < -0.39 is 34.9 Å². The van der Waals surface area contributed by atoms with Crippen LogP contribution >= 0.6 is 0 Å². The van der Waals surface area contributed by atoms with E-state index in [1.54, 1.807) is 12.1 Å². The van der Waals surface area contributed by atoms with Crippen LogP contribution in [0.2, 0.25) is 0 Å². The third-order valence-electron chi connectivity index (χ3n) is 5.94. The molecular formula is C20H17F3N4O2. The minimum atomic E-state index is -1.37. The summed E-state index contributed by atoms with van der Waals surface area (Å²) in [6, 6.07) is 4.74. The van der Waals surface area contributed by atoms with Crippen molar-refractivity contribution in [2.24, 2.45) is 0 Å². The van der Waals surface area contributed by atoms with Gasteiger partial charge in [0.25, 0.3) is 5.91 Å². The standard InChI is InChI=1S/C20H17F3N4O2/c21-12-7-24-18(25-8-12)26-16(28)9-27-10-19(6-15(19)22)14-5-11(20(23)3-4-20)1-2-13(14)17(27)29/h1-2,5,7-8,15H,3-4,6,9-10H2,(H,24,25,26,28)/t15-,19+/m1/s1. The summed E-state index contributed by atoms with van der Waals surface area (Å²) < 4.78 is 41.8. The second-order valence-corrected chi connectivity index (χ2v) is 7.99. The number of carbonyl (C=O) groups excluding carboxylic acids is 2. The Balaban J connectivity index is 1.39. The largest absolute Gasteiger partial charge is 0.328 e. The third-order valence-corrected chi connectivity index (χ3v) is 5.94. The van der Waals surface area contributed by atoms with E-state index in [1.807, 2.05) is 0 Å². The van der Waals surface area contributed by atoms with Gasteiger partial charge in [0, 0.05) is 17.5 Å². The molecule has 2 atom stereocenters. The number of hydrogen-bond acceptors (Lipinski definition) is 4. The van der Waals surface area contributed by atoms with Crippen LogP contribution in [0.3, 0.4) is 0 Å². The van der Waals surface area contributed by atoms with E-state index in [1.165, 1.54) is 11.0 Å². The van der Waals surface area contributed by atoms with Crippen molar-refractivity contribution in [2.45, 2.75) is 36.5 Å². The van der Waals surface area contributed by atoms with E-state index in [-0.39, 0.29) is 25.5 Å². The summed E-state index contributed by atoms with van der Waals surface area (Å²) in [6.07, 6.45) is 1.77. The molecule has 29 heavy (non-hydrogen) atoms. The fourth-order valence-corrected chi connectivity index (χ4v) is 4.03. The van der Waals surface area contributed by atoms with Gasteiger partial charge in [-0.1, -0.05) is 12.1 Å². The van der Waals surface area contributed by atoms with Crippen molar-refractivity contribution in [1.82, 2.24) is 14.9 Å². The van der Waals surface area contributed by atoms with E-state index in [0.717, 1.165) is 12.4 Å². The fourth-order valence-electron chi connectivity index (χ4n) is 4.03. The van der Waals surface area contributed by atoms with Crippen LogP contribution in [0.4, 0.5) is 19.1 Å². The van der Waals surface area contributed by atoms with Crippen molar-refractivity contribution in [1.29, 1.82) is 0 Å². The molecule has 150 valence electrons. The number of benzene rings is 1. The zero-order valence-corrected chi connectivity index (χ0v) is 15.3. The first-order valence-electron chi connectivity index (χ1n) is 9.35. The lowest BCUT2D eigenvalue weighted by atomic mass is 9.84. The first-order chi connectivity index (χ1) is 13.8. The second kappa shape index (κ2) is 6.01. The van der Waals surface area contributed by atoms with Gasteiger partial charge >= 0.3 is 0 Å². The highest BCUT2D eigenvalue weighted by Gasteiger charge is 2.61. The molecule has 2 amide bonds. The number of anilines is 1. The van der Waals surface area contributed by atoms with Gasteiger partial charge in [-0.05, 0) is 36.5 Å². The van der Waals surface area contributed by atoms with Crippen molar-refractivity contribution in [3.05, 3.63) is 53.1 Å². The number of aromatic nitrogens is 2. The number of halogens is 3. The SMILES string of the molecule is O=C(CN1C[C@@]2(C[C@H]2F)c2cc(C3(F)CC3)ccc2C1=O)Nc1ncc(F)cn1. The quantitative estimate of drug-likeness (QED) is 0.853. The van der Waals surface area contributed by atoms with Gasteiger partial charge in [-0.2, -0.15) is 0 Å². The fraction of sp³-hybridized carbons (Fsp3) is 0.400. The van der Waals surface area contributed by atoms with Crippen LogP contribution in [-0.4, -0.2) is 45.9 Å². The smallest absolute Gasteiger partial charge is 0.254 e. The number of amides is 2. The van der Waals surface area contributed by atoms with Crippen molar-refractivity contribution in [2.75, 3.05) is 18.4 Å². The number of nitrogens with zero attached hydrogens (tertiary/aromatic N) is 3. The number of carbonyl (C=O) groups is 2. The van der Waals surface area contributed by atoms with E-state index in [2.05, 4.69) is 15.3 Å². The van der Waals surface area contributed by atoms with E-state index in [4.69, 9.17) is 0 Å². The topological polar surface area (TPSA) is 75.2 Å². The Kier molecular flexibility index (Phi) is 3.75. The molecule has 9 heteroatoms. The van der Waals surface area contributed by atoms with Gasteiger partial charge in [-0.3, -0.25) is 14.9 Å². The van der Waals surface area contributed by atoms with Gasteiger partial charge in [-0.15, -0.1) is 0 Å². The lowest BCUT2D eigenvalue weighted by Gasteiger charge is -2.34. The number of nitrogens with one attached hydrogen (secondary N) is 1. The van der Waals surface area contributed by atoms with E-state index in [0.29, 0.717) is 29.5 Å². The van der Waals surface area contributed by atoms with Crippen LogP contribution in [0.15, 0.2) is 30.6 Å². The lowest BCUT2D eigenvalue weighted by molar-refractivity contribution is -0.117. The molecule has 0 radical (unpaired) electrons. The number of alkyl halides is 2. The van der Waals surface area contributed by atoms with Crippen molar-refractivity contribution >= 4 is 17.8 Å². The number of rotatable bonds is 4. The van der Waals surface area contributed by atoms with Gasteiger partial charge in [0.2, 0.25) is 11.9 Å². The molecule has 1 spiro atoms. The van der Waals surface area contributed by atoms with Crippen LogP contribution < -0.4 is 5.32 Å². The summed E-state index contributed by atoms with van der Waals surface area (Å²) in [4.78, 5) is 33.8. The second-order valence-electron chi connectivity index (χ2n) is 7.99. The maximum absolute atomic E-state index is 14.5. The van der Waals surface area contributed by atoms with Gasteiger partial charge in [-0.25, -0.2) is 23.1 Å². The Labute approximate surface area is 164 Å². The van der Waals surface area contributed by atoms with Gasteiger partial charge in [0.1, 0.15) is 18.4 Å². The molecule has 5 rings (SSSR count). The molecule has 1 aliphatic heterocycles. The molecule has 0 unspecified atom stereocenters. The third kappa shape index (κ3) is 2.95. The molecule has 1 aromatic carbocycles. The Morgan fingerprint density at radius 2 is 1.97 bits per heavy atom. The van der Waals surface area contributed by atoms with Crippen LogP contribution in [0.25, 0.3) is 0 Å². The van der Waals surface area contributed by atoms with Crippen LogP contribution in [0.5, 0.6) is 0 Å². The molecule has 1 N–H and O–H groups in total. The Morgan fingerprint density at radius 1 is 1.28 bits per heavy atom. The normalized spacial score (nSPS) is 26.2. The molecule has 2 saturated carbocycles. The summed E-state index contributed by atoms with van der Waals surface area (Å²) in [5, 5.41) is 2.39. The lowest BCUT2D eigenvalue weighted by Crippen LogP contribution is -2.47. The summed E-state index contributed by atoms with van der Waals surface area (Å²) in [6.45, 7) is -0.275. The van der Waals surface area contributed by atoms with Gasteiger partial charge in [0.15, 0.2) is 5.82 Å². The van der Waals surface area contributed by atoms with Crippen molar-refractivity contribution in [3.8, 4) is 0 Å². The van der Waals surface area contributed by atoms with Gasteiger partial charge < -0.3 is 4.90 Å². The predicted octanol–water partition coefficient (Wildman–Crippen LogP) is 2.65. The zero-order valence-electron chi connectivity index (χ0n) is 15.3. The maximum Gasteiger partial charge on any atom is 0.254 e. The Bertz CT molecular complexity index is 1020. The molecule has 2 aromatic rings. The monoisotopic (exact) mass is 402 g/mol. The molecule has 3 aliphatic rings. The van der Waals surface area contributed by atoms with E-state index >= 15 is 0 Å². The highest BCUT2D eigenvalue weighted by molar-refractivity contribution is 6.01. The molecule has 1 aromatic heterocycles. The number of fused-ring (bicyclic) bond motifs is 2. The predicted molar refractivity (Wildman–Crippen MR) is 96.2 cm³/mol. The molecule has 6 nitrogen and oxygen atoms in total. The van der Waals surface area contributed by atoms with Crippen LogP contribution in [0.1, 0.15) is 40.7 Å². The molecule has 2 fully saturated rings. The Hall–Kier alpha value is -2.97. The maximum atomic E-state index is 14.5. The minimum Gasteiger partial charge on any atom is -0.328 e. The summed E-state index contributed by atoms with van der Waals surface area (Å²) in [5.74, 6) is -1.71. The molecule has 0 saturated heterocycles. The minimum absolute atomic E-state index is 0.0421. The highest BCUT2D eigenvalue weighted by Crippen LogP contribution is 2.57. The zero-order chi connectivity index (χ0) is 20.4. The average Bonchev–Trinajstić information content (AvgIpc) is 3.59. The molecule has 0 bridgehead atoms. The van der Waals surface area contributed by atoms with E-state index in [9.17, 15) is 22.8 Å². The van der Waals surface area contributed by atoms with Crippen LogP contribution in [0, 0.1) is 5.82 Å². The van der Waals surface area contributed by atoms with Gasteiger partial charge in [0.05, 0.1) is 12.4 Å². The summed E-state index contributed by atoms with van der Waals surface area (Å²) in [7, 11) is 0. The Morgan fingerprint density at radius 3 is 2.59 bits per heavy atom. The molecular weight excluding hydrogens is 385 g/mol. The summed E-state index contributed by atoms with van der Waals surface area (Å²) >= 11 is 0.